The number of hydrogen-bond donors (Lipinski definition) is 3. The Morgan fingerprint density at radius 1 is 1.48 bits per heavy atom. The average Bonchev–Trinajstić information content (AvgIpc) is 2.35. The van der Waals surface area contributed by atoms with Crippen LogP contribution in [0.2, 0.25) is 0 Å². The lowest BCUT2D eigenvalue weighted by Gasteiger charge is -2.08. The van der Waals surface area contributed by atoms with Gasteiger partial charge in [-0.3, -0.25) is 9.59 Å². The highest BCUT2D eigenvalue weighted by Gasteiger charge is 2.38. The predicted molar refractivity (Wildman–Crippen MR) is 73.1 cm³/mol. The molecule has 0 heterocycles. The van der Waals surface area contributed by atoms with Crippen LogP contribution in [0.25, 0.3) is 0 Å². The molecule has 0 aliphatic carbocycles. The highest BCUT2D eigenvalue weighted by atomic mass is 127. The third-order valence-corrected chi connectivity index (χ3v) is 2.04. The molecule has 4 N–H and O–H groups in total. The monoisotopic (exact) mass is 424 g/mol. The molecule has 0 fully saturated rings. The number of carboxylic acid groups (broad SMARTS) is 1. The SMILES string of the molecule is C#CC(I)OC(=O)CNC(=O)[C@H](C)N.O=C(O)C(F)(F)F. The van der Waals surface area contributed by atoms with Crippen LogP contribution in [0.5, 0.6) is 0 Å². The van der Waals surface area contributed by atoms with E-state index in [1.165, 1.54) is 6.92 Å². The minimum absolute atomic E-state index is 0.221. The van der Waals surface area contributed by atoms with Gasteiger partial charge in [-0.1, -0.05) is 5.92 Å². The molecule has 11 heteroatoms. The van der Waals surface area contributed by atoms with Gasteiger partial charge in [0.2, 0.25) is 10.0 Å². The van der Waals surface area contributed by atoms with Gasteiger partial charge in [0, 0.05) is 0 Å². The molecule has 120 valence electrons. The van der Waals surface area contributed by atoms with E-state index in [9.17, 15) is 22.8 Å². The molecule has 0 aliphatic heterocycles. The lowest BCUT2D eigenvalue weighted by Crippen LogP contribution is -2.41. The van der Waals surface area contributed by atoms with Gasteiger partial charge in [-0.2, -0.15) is 13.2 Å². The van der Waals surface area contributed by atoms with Crippen molar-refractivity contribution in [1.82, 2.24) is 5.32 Å². The summed E-state index contributed by atoms with van der Waals surface area (Å²) in [4.78, 5) is 30.8. The summed E-state index contributed by atoms with van der Waals surface area (Å²) in [7, 11) is 0. The normalized spacial score (nSPS) is 12.8. The van der Waals surface area contributed by atoms with E-state index in [1.807, 2.05) is 0 Å². The third kappa shape index (κ3) is 13.2. The van der Waals surface area contributed by atoms with Crippen LogP contribution < -0.4 is 11.1 Å². The Labute approximate surface area is 131 Å². The fraction of sp³-hybridized carbons (Fsp3) is 0.500. The number of amides is 1. The van der Waals surface area contributed by atoms with Crippen molar-refractivity contribution in [1.29, 1.82) is 0 Å². The summed E-state index contributed by atoms with van der Waals surface area (Å²) < 4.78 is 35.8. The molecule has 0 saturated heterocycles. The van der Waals surface area contributed by atoms with Crippen molar-refractivity contribution in [3.63, 3.8) is 0 Å². The van der Waals surface area contributed by atoms with Gasteiger partial charge in [-0.25, -0.2) is 4.79 Å². The summed E-state index contributed by atoms with van der Waals surface area (Å²) in [6.45, 7) is 1.30. The Morgan fingerprint density at radius 2 is 1.90 bits per heavy atom. The van der Waals surface area contributed by atoms with Crippen molar-refractivity contribution in [2.24, 2.45) is 5.73 Å². The predicted octanol–water partition coefficient (Wildman–Crippen LogP) is 0.0206. The fourth-order valence-electron chi connectivity index (χ4n) is 0.511. The molecule has 0 radical (unpaired) electrons. The van der Waals surface area contributed by atoms with Crippen LogP contribution in [0.4, 0.5) is 13.2 Å². The van der Waals surface area contributed by atoms with E-state index in [0.29, 0.717) is 0 Å². The van der Waals surface area contributed by atoms with E-state index < -0.39 is 34.2 Å². The molecule has 0 aliphatic rings. The second-order valence-electron chi connectivity index (χ2n) is 3.28. The van der Waals surface area contributed by atoms with Crippen LogP contribution in [0.15, 0.2) is 0 Å². The van der Waals surface area contributed by atoms with Gasteiger partial charge in [-0.15, -0.1) is 6.42 Å². The number of esters is 1. The van der Waals surface area contributed by atoms with Crippen LogP contribution >= 0.6 is 22.6 Å². The molecular weight excluding hydrogens is 412 g/mol. The number of carbonyl (C=O) groups is 3. The smallest absolute Gasteiger partial charge is 0.475 e. The van der Waals surface area contributed by atoms with Gasteiger partial charge in [0.1, 0.15) is 6.54 Å². The maximum atomic E-state index is 11.0. The molecule has 21 heavy (non-hydrogen) atoms. The Bertz CT molecular complexity index is 420. The van der Waals surface area contributed by atoms with E-state index in [0.717, 1.165) is 0 Å². The standard InChI is InChI=1S/C8H11IN2O3.C2HF3O2/c1-3-6(9)14-7(12)4-11-8(13)5(2)10;3-2(4,5)1(6)7/h1,5-6H,4,10H2,2H3,(H,11,13);(H,6,7)/t5-,6?;/m0./s1. The number of alkyl halides is 4. The van der Waals surface area contributed by atoms with Crippen molar-refractivity contribution < 1.29 is 37.4 Å². The van der Waals surface area contributed by atoms with Crippen molar-refractivity contribution in [3.8, 4) is 12.3 Å². The number of nitrogens with two attached hydrogens (primary N) is 1. The van der Waals surface area contributed by atoms with E-state index in [2.05, 4.69) is 16.0 Å². The summed E-state index contributed by atoms with van der Waals surface area (Å²) in [5.74, 6) is -1.54. The maximum absolute atomic E-state index is 11.0. The number of carboxylic acids is 1. The van der Waals surface area contributed by atoms with E-state index in [4.69, 9.17) is 22.1 Å². The molecule has 0 aromatic carbocycles. The van der Waals surface area contributed by atoms with Crippen molar-refractivity contribution in [2.75, 3.05) is 6.54 Å². The number of carbonyl (C=O) groups excluding carboxylic acids is 2. The van der Waals surface area contributed by atoms with E-state index in [-0.39, 0.29) is 6.54 Å². The highest BCUT2D eigenvalue weighted by molar-refractivity contribution is 14.1. The minimum atomic E-state index is -5.08. The Kier molecular flexibility index (Phi) is 10.6. The topological polar surface area (TPSA) is 119 Å². The van der Waals surface area contributed by atoms with Gasteiger partial charge >= 0.3 is 18.1 Å². The van der Waals surface area contributed by atoms with Gasteiger partial charge in [-0.05, 0) is 29.5 Å². The first-order chi connectivity index (χ1) is 9.41. The summed E-state index contributed by atoms with van der Waals surface area (Å²) in [5, 5.41) is 9.43. The first-order valence-electron chi connectivity index (χ1n) is 5.04. The molecule has 0 aromatic rings. The molecule has 0 bridgehead atoms. The zero-order valence-corrected chi connectivity index (χ0v) is 12.8. The largest absolute Gasteiger partial charge is 0.490 e. The molecule has 1 unspecified atom stereocenters. The van der Waals surface area contributed by atoms with Crippen molar-refractivity contribution in [2.45, 2.75) is 23.3 Å². The third-order valence-electron chi connectivity index (χ3n) is 1.43. The molecule has 2 atom stereocenters. The van der Waals surface area contributed by atoms with Crippen molar-refractivity contribution in [3.05, 3.63) is 0 Å². The molecule has 0 rings (SSSR count). The first kappa shape index (κ1) is 21.7. The minimum Gasteiger partial charge on any atom is -0.475 e. The second kappa shape index (κ2) is 10.2. The number of nitrogens with one attached hydrogen (secondary N) is 1. The first-order valence-corrected chi connectivity index (χ1v) is 6.29. The summed E-state index contributed by atoms with van der Waals surface area (Å²) in [5.41, 5.74) is 5.25. The Hall–Kier alpha value is -1.55. The van der Waals surface area contributed by atoms with Crippen LogP contribution in [0.1, 0.15) is 6.92 Å². The second-order valence-corrected chi connectivity index (χ2v) is 4.41. The zero-order valence-electron chi connectivity index (χ0n) is 10.6. The Morgan fingerprint density at radius 3 is 2.19 bits per heavy atom. The number of ether oxygens (including phenoxy) is 1. The zero-order chi connectivity index (χ0) is 17.2. The average molecular weight is 424 g/mol. The van der Waals surface area contributed by atoms with Crippen LogP contribution in [0, 0.1) is 12.3 Å². The van der Waals surface area contributed by atoms with Gasteiger partial charge in [0.25, 0.3) is 0 Å². The van der Waals surface area contributed by atoms with E-state index >= 15 is 0 Å². The highest BCUT2D eigenvalue weighted by Crippen LogP contribution is 2.13. The molecule has 0 saturated carbocycles. The molecule has 0 aromatic heterocycles. The summed E-state index contributed by atoms with van der Waals surface area (Å²) >= 11 is 1.77. The fourth-order valence-corrected chi connectivity index (χ4v) is 0.795. The van der Waals surface area contributed by atoms with E-state index in [1.54, 1.807) is 22.6 Å². The summed E-state index contributed by atoms with van der Waals surface area (Å²) in [6.07, 6.45) is -0.101. The molecule has 0 spiro atoms. The lowest BCUT2D eigenvalue weighted by atomic mass is 10.3. The number of halogens is 4. The molecular formula is C10H12F3IN2O5. The van der Waals surface area contributed by atoms with Crippen molar-refractivity contribution >= 4 is 40.4 Å². The molecule has 1 amide bonds. The van der Waals surface area contributed by atoms with Crippen LogP contribution in [-0.4, -0.2) is 45.8 Å². The van der Waals surface area contributed by atoms with Gasteiger partial charge < -0.3 is 20.9 Å². The van der Waals surface area contributed by atoms with Gasteiger partial charge in [0.05, 0.1) is 6.04 Å². The number of rotatable bonds is 4. The number of aliphatic carboxylic acids is 1. The van der Waals surface area contributed by atoms with Gasteiger partial charge in [0.15, 0.2) is 0 Å². The van der Waals surface area contributed by atoms with Crippen LogP contribution in [0.3, 0.4) is 0 Å². The lowest BCUT2D eigenvalue weighted by molar-refractivity contribution is -0.192. The Balaban J connectivity index is 0. The molecule has 7 nitrogen and oxygen atoms in total. The quantitative estimate of drug-likeness (QED) is 0.254. The number of hydrogen-bond acceptors (Lipinski definition) is 5. The summed E-state index contributed by atoms with van der Waals surface area (Å²) in [6, 6.07) is -0.647. The van der Waals surface area contributed by atoms with Crippen LogP contribution in [-0.2, 0) is 19.1 Å². The number of terminal acetylenes is 1. The maximum Gasteiger partial charge on any atom is 0.490 e.